The Morgan fingerprint density at radius 2 is 2.00 bits per heavy atom. The maximum atomic E-state index is 5.84. The van der Waals surface area contributed by atoms with E-state index in [1.165, 1.54) is 0 Å². The van der Waals surface area contributed by atoms with Gasteiger partial charge in [0.25, 0.3) is 0 Å². The van der Waals surface area contributed by atoms with E-state index in [2.05, 4.69) is 6.92 Å². The van der Waals surface area contributed by atoms with E-state index in [1.807, 2.05) is 0 Å². The van der Waals surface area contributed by atoms with Crippen LogP contribution in [0.1, 0.15) is 26.2 Å². The Labute approximate surface area is 78.9 Å². The van der Waals surface area contributed by atoms with E-state index >= 15 is 0 Å². The lowest BCUT2D eigenvalue weighted by atomic mass is 10.2. The Bertz CT molecular complexity index is 77.4. The summed E-state index contributed by atoms with van der Waals surface area (Å²) < 4.78 is 0. The van der Waals surface area contributed by atoms with Gasteiger partial charge in [-0.05, 0) is 18.4 Å². The van der Waals surface area contributed by atoms with Crippen LogP contribution in [0, 0.1) is 0 Å². The van der Waals surface area contributed by atoms with Crippen molar-refractivity contribution in [3.8, 4) is 0 Å². The van der Waals surface area contributed by atoms with E-state index in [-0.39, 0.29) is 0 Å². The molecule has 0 aliphatic rings. The highest BCUT2D eigenvalue weighted by Crippen LogP contribution is 2.26. The van der Waals surface area contributed by atoms with Crippen LogP contribution >= 0.6 is 33.8 Å². The molecule has 10 heavy (non-hydrogen) atoms. The molecule has 0 nitrogen and oxygen atoms in total. The molecule has 0 saturated heterocycles. The Kier molecular flexibility index (Phi) is 7.51. The van der Waals surface area contributed by atoms with Gasteiger partial charge in [0.2, 0.25) is 7.42 Å². The van der Waals surface area contributed by atoms with Gasteiger partial charge < -0.3 is 0 Å². The van der Waals surface area contributed by atoms with Crippen LogP contribution in [-0.2, 0) is 0 Å². The summed E-state index contributed by atoms with van der Waals surface area (Å²) in [7, 11) is -1.43. The summed E-state index contributed by atoms with van der Waals surface area (Å²) in [4.78, 5) is 0. The third-order valence-electron chi connectivity index (χ3n) is 1.59. The van der Waals surface area contributed by atoms with Gasteiger partial charge in [-0.1, -0.05) is 13.3 Å². The van der Waals surface area contributed by atoms with E-state index in [0.29, 0.717) is 5.54 Å². The van der Waals surface area contributed by atoms with Gasteiger partial charge in [-0.25, -0.2) is 0 Å². The Balaban J connectivity index is 3.40. The summed E-state index contributed by atoms with van der Waals surface area (Å²) in [5, 5.41) is 0. The summed E-state index contributed by atoms with van der Waals surface area (Å²) in [6.07, 6.45) is 3.24. The predicted octanol–water partition coefficient (Wildman–Crippen LogP) is 3.48. The van der Waals surface area contributed by atoms with Crippen LogP contribution in [-0.4, -0.2) is 13.3 Å². The average Bonchev–Trinajstić information content (AvgIpc) is 1.89. The molecule has 0 fully saturated rings. The molecule has 0 aromatic rings. The monoisotopic (exact) mass is 218 g/mol. The summed E-state index contributed by atoms with van der Waals surface area (Å²) >= 11 is 17.2. The predicted molar refractivity (Wildman–Crippen MR) is 52.9 cm³/mol. The molecule has 0 aliphatic carbocycles. The van der Waals surface area contributed by atoms with Gasteiger partial charge in [-0.3, -0.25) is 0 Å². The van der Waals surface area contributed by atoms with E-state index in [9.17, 15) is 0 Å². The maximum absolute atomic E-state index is 5.84. The molecule has 0 saturated carbocycles. The first kappa shape index (κ1) is 11.1. The van der Waals surface area contributed by atoms with Crippen LogP contribution in [0.4, 0.5) is 0 Å². The Morgan fingerprint density at radius 3 is 2.30 bits per heavy atom. The molecule has 1 unspecified atom stereocenters. The van der Waals surface area contributed by atoms with Crippen molar-refractivity contribution in [2.75, 3.05) is 5.88 Å². The summed E-state index contributed by atoms with van der Waals surface area (Å²) in [6.45, 7) is 2.13. The molecule has 0 N–H and O–H groups in total. The standard InChI is InChI=1S/C6H13Cl3Si/c1-2-6(10(8)9)4-3-5-7/h6,10H,2-5H2,1H3. The molecule has 0 aromatic heterocycles. The number of hydrogen-bond acceptors (Lipinski definition) is 0. The minimum absolute atomic E-state index is 0.557. The molecule has 1 atom stereocenters. The summed E-state index contributed by atoms with van der Waals surface area (Å²) in [5.74, 6) is 0.728. The largest absolute Gasteiger partial charge is 0.240 e. The van der Waals surface area contributed by atoms with Gasteiger partial charge in [-0.15, -0.1) is 11.6 Å². The summed E-state index contributed by atoms with van der Waals surface area (Å²) in [6, 6.07) is 0. The Morgan fingerprint density at radius 1 is 1.40 bits per heavy atom. The van der Waals surface area contributed by atoms with Crippen molar-refractivity contribution in [1.29, 1.82) is 0 Å². The second kappa shape index (κ2) is 6.78. The van der Waals surface area contributed by atoms with Gasteiger partial charge in [0.05, 0.1) is 0 Å². The average molecular weight is 220 g/mol. The smallest absolute Gasteiger partial charge is 0.150 e. The van der Waals surface area contributed by atoms with Crippen molar-refractivity contribution in [3.05, 3.63) is 0 Å². The van der Waals surface area contributed by atoms with Gasteiger partial charge in [-0.2, -0.15) is 22.2 Å². The molecular weight excluding hydrogens is 207 g/mol. The highest BCUT2D eigenvalue weighted by molar-refractivity contribution is 7.34. The second-order valence-corrected chi connectivity index (χ2v) is 7.82. The number of halogens is 3. The van der Waals surface area contributed by atoms with Crippen LogP contribution in [0.15, 0.2) is 0 Å². The zero-order chi connectivity index (χ0) is 7.98. The SMILES string of the molecule is CCC(CCCCl)[SiH](Cl)Cl. The molecule has 0 aromatic carbocycles. The van der Waals surface area contributed by atoms with E-state index < -0.39 is 7.42 Å². The third kappa shape index (κ3) is 4.83. The van der Waals surface area contributed by atoms with Crippen molar-refractivity contribution in [1.82, 2.24) is 0 Å². The minimum atomic E-state index is -1.43. The van der Waals surface area contributed by atoms with E-state index in [4.69, 9.17) is 33.8 Å². The van der Waals surface area contributed by atoms with Crippen LogP contribution in [0.3, 0.4) is 0 Å². The van der Waals surface area contributed by atoms with Crippen molar-refractivity contribution in [2.45, 2.75) is 31.7 Å². The lowest BCUT2D eigenvalue weighted by Gasteiger charge is -2.12. The van der Waals surface area contributed by atoms with E-state index in [1.54, 1.807) is 0 Å². The molecule has 62 valence electrons. The number of rotatable bonds is 5. The van der Waals surface area contributed by atoms with Crippen LogP contribution < -0.4 is 0 Å². The maximum Gasteiger partial charge on any atom is 0.240 e. The fraction of sp³-hybridized carbons (Fsp3) is 1.00. The van der Waals surface area contributed by atoms with Crippen LogP contribution in [0.2, 0.25) is 5.54 Å². The molecule has 0 bridgehead atoms. The van der Waals surface area contributed by atoms with Crippen molar-refractivity contribution in [2.24, 2.45) is 0 Å². The Hall–Kier alpha value is 1.09. The fourth-order valence-electron chi connectivity index (χ4n) is 0.848. The molecule has 0 radical (unpaired) electrons. The quantitative estimate of drug-likeness (QED) is 0.377. The minimum Gasteiger partial charge on any atom is -0.150 e. The topological polar surface area (TPSA) is 0 Å². The molecule has 0 heterocycles. The van der Waals surface area contributed by atoms with Gasteiger partial charge in [0.1, 0.15) is 0 Å². The van der Waals surface area contributed by atoms with Crippen molar-refractivity contribution in [3.63, 3.8) is 0 Å². The first-order chi connectivity index (χ1) is 4.72. The highest BCUT2D eigenvalue weighted by atomic mass is 35.7. The number of alkyl halides is 1. The highest BCUT2D eigenvalue weighted by Gasteiger charge is 2.15. The first-order valence-corrected chi connectivity index (χ1v) is 8.25. The molecule has 0 amide bonds. The van der Waals surface area contributed by atoms with Crippen LogP contribution in [0.5, 0.6) is 0 Å². The normalized spacial score (nSPS) is 14.1. The van der Waals surface area contributed by atoms with Crippen LogP contribution in [0.25, 0.3) is 0 Å². The lowest BCUT2D eigenvalue weighted by molar-refractivity contribution is 0.698. The molecule has 0 rings (SSSR count). The van der Waals surface area contributed by atoms with Gasteiger partial charge in [0.15, 0.2) is 0 Å². The molecular formula is C6H13Cl3Si. The molecule has 4 heteroatoms. The number of hydrogen-bond donors (Lipinski definition) is 0. The summed E-state index contributed by atoms with van der Waals surface area (Å²) in [5.41, 5.74) is 0.557. The van der Waals surface area contributed by atoms with Gasteiger partial charge >= 0.3 is 0 Å². The second-order valence-electron chi connectivity index (χ2n) is 2.33. The zero-order valence-corrected chi connectivity index (χ0v) is 9.54. The van der Waals surface area contributed by atoms with E-state index in [0.717, 1.165) is 25.1 Å². The van der Waals surface area contributed by atoms with Crippen molar-refractivity contribution >= 4 is 41.2 Å². The third-order valence-corrected chi connectivity index (χ3v) is 5.51. The van der Waals surface area contributed by atoms with Crippen molar-refractivity contribution < 1.29 is 0 Å². The zero-order valence-electron chi connectivity index (χ0n) is 6.12. The molecule has 0 spiro atoms. The first-order valence-electron chi connectivity index (χ1n) is 3.56. The van der Waals surface area contributed by atoms with Gasteiger partial charge in [0, 0.05) is 5.88 Å². The fourth-order valence-corrected chi connectivity index (χ4v) is 3.67. The lowest BCUT2D eigenvalue weighted by Crippen LogP contribution is -2.06. The molecule has 0 aliphatic heterocycles.